The summed E-state index contributed by atoms with van der Waals surface area (Å²) >= 11 is 0. The van der Waals surface area contributed by atoms with Gasteiger partial charge in [-0.1, -0.05) is 88.4 Å². The summed E-state index contributed by atoms with van der Waals surface area (Å²) in [5, 5.41) is 16.2. The van der Waals surface area contributed by atoms with Crippen LogP contribution in [0, 0.1) is 11.8 Å². The molecule has 11 heteroatoms. The first-order valence-electron chi connectivity index (χ1n) is 15.6. The van der Waals surface area contributed by atoms with E-state index in [0.29, 0.717) is 12.3 Å². The van der Waals surface area contributed by atoms with Gasteiger partial charge in [-0.05, 0) is 53.6 Å². The maximum absolute atomic E-state index is 13.9. The lowest BCUT2D eigenvalue weighted by atomic mass is 9.99. The van der Waals surface area contributed by atoms with Gasteiger partial charge in [0.15, 0.2) is 0 Å². The fraction of sp³-hybridized carbons (Fsp3) is 0.429. The normalized spacial score (nSPS) is 13.1. The van der Waals surface area contributed by atoms with E-state index in [0.717, 1.165) is 11.1 Å². The summed E-state index contributed by atoms with van der Waals surface area (Å²) in [5.41, 5.74) is 4.57. The van der Waals surface area contributed by atoms with Gasteiger partial charge in [0.05, 0.1) is 30.7 Å². The summed E-state index contributed by atoms with van der Waals surface area (Å²) in [4.78, 5) is 27.0. The number of sulfonamides is 1. The first-order valence-corrected chi connectivity index (χ1v) is 17.1. The van der Waals surface area contributed by atoms with Gasteiger partial charge < -0.3 is 15.2 Å². The number of hydrogen-bond donors (Lipinski definition) is 3. The Kier molecular flexibility index (Phi) is 14.2. The number of ether oxygens (including phenoxy) is 1. The van der Waals surface area contributed by atoms with Gasteiger partial charge in [-0.3, -0.25) is 15.0 Å². The molecule has 3 N–H and O–H groups in total. The highest BCUT2D eigenvalue weighted by atomic mass is 32.2. The Bertz CT molecular complexity index is 1470. The number of aliphatic hydroxyl groups excluding tert-OH is 1. The molecular formula is C35H48N4O6S. The standard InChI is InChI=1S/C35H48N4O6S/c1-26(2)20-35(42)39(37-34(41)23-36-22-29-14-10-7-11-15-29)32(21-28-12-8-6-9-13-28)33(40)25-38(24-27(3)4)46(43,44)31-18-16-30(45-5)17-19-31/h6-19,26-27,32-33,36,40H,20-25H2,1-5H3,(H,37,41)/t32-,33+/m0/s1. The zero-order chi connectivity index (χ0) is 33.7. The molecule has 46 heavy (non-hydrogen) atoms. The Morgan fingerprint density at radius 1 is 0.826 bits per heavy atom. The average molecular weight is 653 g/mol. The molecule has 10 nitrogen and oxygen atoms in total. The highest BCUT2D eigenvalue weighted by Gasteiger charge is 2.36. The number of carbonyl (C=O) groups is 2. The largest absolute Gasteiger partial charge is 0.497 e. The van der Waals surface area contributed by atoms with Gasteiger partial charge >= 0.3 is 0 Å². The summed E-state index contributed by atoms with van der Waals surface area (Å²) in [6, 6.07) is 24.0. The van der Waals surface area contributed by atoms with Crippen LogP contribution in [-0.4, -0.2) is 73.5 Å². The SMILES string of the molecule is COc1ccc(S(=O)(=O)N(CC(C)C)C[C@@H](O)[C@H](Cc2ccccc2)N(NC(=O)CNCc2ccccc2)C(=O)CC(C)C)cc1. The predicted molar refractivity (Wildman–Crippen MR) is 179 cm³/mol. The second-order valence-corrected chi connectivity index (χ2v) is 14.1. The minimum absolute atomic E-state index is 0.0227. The fourth-order valence-electron chi connectivity index (χ4n) is 5.03. The Morgan fingerprint density at radius 2 is 1.41 bits per heavy atom. The number of nitrogens with zero attached hydrogens (tertiary/aromatic N) is 2. The third-order valence-corrected chi connectivity index (χ3v) is 9.12. The van der Waals surface area contributed by atoms with Crippen LogP contribution in [0.2, 0.25) is 0 Å². The predicted octanol–water partition coefficient (Wildman–Crippen LogP) is 4.01. The Morgan fingerprint density at radius 3 is 1.96 bits per heavy atom. The molecule has 0 aromatic heterocycles. The molecule has 250 valence electrons. The minimum Gasteiger partial charge on any atom is -0.497 e. The quantitative estimate of drug-likeness (QED) is 0.188. The van der Waals surface area contributed by atoms with Gasteiger partial charge in [0.25, 0.3) is 5.91 Å². The topological polar surface area (TPSA) is 128 Å². The first-order chi connectivity index (χ1) is 21.9. The smallest absolute Gasteiger partial charge is 0.252 e. The highest BCUT2D eigenvalue weighted by Crippen LogP contribution is 2.23. The van der Waals surface area contributed by atoms with E-state index in [1.54, 1.807) is 12.1 Å². The molecule has 0 aliphatic rings. The van der Waals surface area contributed by atoms with Crippen molar-refractivity contribution < 1.29 is 27.9 Å². The van der Waals surface area contributed by atoms with Gasteiger partial charge in [0.2, 0.25) is 15.9 Å². The van der Waals surface area contributed by atoms with Crippen LogP contribution in [0.5, 0.6) is 5.75 Å². The molecule has 0 saturated heterocycles. The van der Waals surface area contributed by atoms with Crippen LogP contribution >= 0.6 is 0 Å². The molecule has 0 bridgehead atoms. The molecule has 0 fully saturated rings. The number of carbonyl (C=O) groups excluding carboxylic acids is 2. The van der Waals surface area contributed by atoms with Gasteiger partial charge in [-0.25, -0.2) is 13.4 Å². The first kappa shape index (κ1) is 36.7. The second kappa shape index (κ2) is 17.8. The number of amides is 2. The summed E-state index contributed by atoms with van der Waals surface area (Å²) in [6.07, 6.45) is -1.04. The van der Waals surface area contributed by atoms with E-state index in [-0.39, 0.29) is 55.1 Å². The molecule has 0 unspecified atom stereocenters. The molecule has 3 aromatic carbocycles. The molecule has 0 aliphatic heterocycles. The van der Waals surface area contributed by atoms with Crippen molar-refractivity contribution in [3.05, 3.63) is 96.1 Å². The van der Waals surface area contributed by atoms with Crippen molar-refractivity contribution in [2.45, 2.75) is 64.1 Å². The van der Waals surface area contributed by atoms with Crippen LogP contribution in [0.1, 0.15) is 45.2 Å². The number of hydrogen-bond acceptors (Lipinski definition) is 7. The maximum atomic E-state index is 13.9. The summed E-state index contributed by atoms with van der Waals surface area (Å²) in [5.74, 6) is -0.388. The molecule has 3 aromatic rings. The van der Waals surface area contributed by atoms with Gasteiger partial charge in [0, 0.05) is 26.1 Å². The van der Waals surface area contributed by atoms with Crippen molar-refractivity contribution >= 4 is 21.8 Å². The maximum Gasteiger partial charge on any atom is 0.252 e. The van der Waals surface area contributed by atoms with Gasteiger partial charge in [-0.2, -0.15) is 4.31 Å². The summed E-state index contributed by atoms with van der Waals surface area (Å²) < 4.78 is 34.2. The molecule has 2 amide bonds. The number of aliphatic hydroxyl groups is 1. The molecule has 0 radical (unpaired) electrons. The zero-order valence-electron chi connectivity index (χ0n) is 27.4. The van der Waals surface area contributed by atoms with Crippen molar-refractivity contribution in [1.82, 2.24) is 20.1 Å². The third kappa shape index (κ3) is 11.2. The second-order valence-electron chi connectivity index (χ2n) is 12.2. The van der Waals surface area contributed by atoms with E-state index in [1.807, 2.05) is 88.4 Å². The number of hydrazine groups is 1. The van der Waals surface area contributed by atoms with Crippen LogP contribution in [-0.2, 0) is 32.6 Å². The van der Waals surface area contributed by atoms with Crippen LogP contribution in [0.3, 0.4) is 0 Å². The average Bonchev–Trinajstić information content (AvgIpc) is 3.02. The van der Waals surface area contributed by atoms with E-state index in [1.165, 1.54) is 28.6 Å². The Labute approximate surface area is 273 Å². The van der Waals surface area contributed by atoms with E-state index in [2.05, 4.69) is 10.7 Å². The van der Waals surface area contributed by atoms with Crippen molar-refractivity contribution in [1.29, 1.82) is 0 Å². The number of nitrogens with one attached hydrogen (secondary N) is 2. The van der Waals surface area contributed by atoms with Crippen molar-refractivity contribution in [2.75, 3.05) is 26.7 Å². The summed E-state index contributed by atoms with van der Waals surface area (Å²) in [7, 11) is -2.53. The lowest BCUT2D eigenvalue weighted by molar-refractivity contribution is -0.148. The molecule has 0 aliphatic carbocycles. The van der Waals surface area contributed by atoms with Gasteiger partial charge in [0.1, 0.15) is 5.75 Å². The van der Waals surface area contributed by atoms with E-state index >= 15 is 0 Å². The third-order valence-electron chi connectivity index (χ3n) is 7.27. The number of benzene rings is 3. The van der Waals surface area contributed by atoms with Crippen molar-refractivity contribution in [3.63, 3.8) is 0 Å². The zero-order valence-corrected chi connectivity index (χ0v) is 28.2. The van der Waals surface area contributed by atoms with Crippen LogP contribution in [0.4, 0.5) is 0 Å². The van der Waals surface area contributed by atoms with Crippen LogP contribution < -0.4 is 15.5 Å². The highest BCUT2D eigenvalue weighted by molar-refractivity contribution is 7.89. The van der Waals surface area contributed by atoms with Crippen molar-refractivity contribution in [3.8, 4) is 5.75 Å². The molecule has 3 rings (SSSR count). The van der Waals surface area contributed by atoms with Crippen LogP contribution in [0.25, 0.3) is 0 Å². The molecule has 0 spiro atoms. The lowest BCUT2D eigenvalue weighted by Gasteiger charge is -2.37. The fourth-order valence-corrected chi connectivity index (χ4v) is 6.65. The molecular weight excluding hydrogens is 604 g/mol. The number of methoxy groups -OCH3 is 1. The van der Waals surface area contributed by atoms with Crippen molar-refractivity contribution in [2.24, 2.45) is 11.8 Å². The van der Waals surface area contributed by atoms with E-state index < -0.39 is 28.1 Å². The Hall–Kier alpha value is -3.77. The monoisotopic (exact) mass is 652 g/mol. The van der Waals surface area contributed by atoms with E-state index in [4.69, 9.17) is 4.74 Å². The lowest BCUT2D eigenvalue weighted by Crippen LogP contribution is -2.60. The molecule has 2 atom stereocenters. The van der Waals surface area contributed by atoms with E-state index in [9.17, 15) is 23.1 Å². The minimum atomic E-state index is -4.03. The molecule has 0 saturated carbocycles. The molecule has 0 heterocycles. The summed E-state index contributed by atoms with van der Waals surface area (Å²) in [6.45, 7) is 7.81. The Balaban J connectivity index is 1.93. The van der Waals surface area contributed by atoms with Gasteiger partial charge in [-0.15, -0.1) is 0 Å². The van der Waals surface area contributed by atoms with Crippen LogP contribution in [0.15, 0.2) is 89.8 Å². The number of rotatable bonds is 17.